The third-order valence-corrected chi connectivity index (χ3v) is 2.47. The molecule has 0 aromatic heterocycles. The Bertz CT molecular complexity index is 311. The van der Waals surface area contributed by atoms with Crippen molar-refractivity contribution < 1.29 is 0 Å². The van der Waals surface area contributed by atoms with Crippen LogP contribution < -0.4 is 0 Å². The number of rotatable bonds is 3. The summed E-state index contributed by atoms with van der Waals surface area (Å²) in [4.78, 5) is 0. The highest BCUT2D eigenvalue weighted by Gasteiger charge is 2.03. The van der Waals surface area contributed by atoms with Crippen molar-refractivity contribution in [3.63, 3.8) is 0 Å². The molecule has 0 bridgehead atoms. The summed E-state index contributed by atoms with van der Waals surface area (Å²) in [6.07, 6.45) is 13.6. The first-order valence-electron chi connectivity index (χ1n) is 6.07. The van der Waals surface area contributed by atoms with E-state index in [9.17, 15) is 0 Å². The van der Waals surface area contributed by atoms with Gasteiger partial charge in [0.15, 0.2) is 0 Å². The van der Waals surface area contributed by atoms with E-state index >= 15 is 0 Å². The fourth-order valence-electron chi connectivity index (χ4n) is 1.52. The predicted octanol–water partition coefficient (Wildman–Crippen LogP) is 5.37. The first kappa shape index (κ1) is 14.7. The van der Waals surface area contributed by atoms with Gasteiger partial charge in [0.25, 0.3) is 0 Å². The van der Waals surface area contributed by atoms with E-state index in [2.05, 4.69) is 32.2 Å². The first-order chi connectivity index (χ1) is 7.74. The van der Waals surface area contributed by atoms with Gasteiger partial charge in [-0.05, 0) is 37.3 Å². The van der Waals surface area contributed by atoms with E-state index in [4.69, 9.17) is 0 Å². The van der Waals surface area contributed by atoms with Crippen LogP contribution in [0, 0.1) is 0 Å². The number of hydrogen-bond donors (Lipinski definition) is 0. The van der Waals surface area contributed by atoms with Gasteiger partial charge in [0.05, 0.1) is 0 Å². The zero-order valence-electron chi connectivity index (χ0n) is 10.9. The molecule has 0 N–H and O–H groups in total. The molecule has 0 atom stereocenters. The summed E-state index contributed by atoms with van der Waals surface area (Å²) in [5.41, 5.74) is 3.97. The van der Waals surface area contributed by atoms with Gasteiger partial charge in [-0.1, -0.05) is 63.0 Å². The average molecular weight is 216 g/mol. The Morgan fingerprint density at radius 2 is 1.94 bits per heavy atom. The molecule has 0 fully saturated rings. The van der Waals surface area contributed by atoms with E-state index in [1.807, 2.05) is 26.0 Å². The summed E-state index contributed by atoms with van der Waals surface area (Å²) in [6.45, 7) is 13.9. The molecular weight excluding hydrogens is 192 g/mol. The van der Waals surface area contributed by atoms with Crippen molar-refractivity contribution in [3.05, 3.63) is 60.3 Å². The monoisotopic (exact) mass is 216 g/mol. The minimum atomic E-state index is 1.04. The lowest BCUT2D eigenvalue weighted by atomic mass is 10.0. The van der Waals surface area contributed by atoms with E-state index < -0.39 is 0 Å². The Balaban J connectivity index is 0.00000106. The van der Waals surface area contributed by atoms with Crippen LogP contribution in [0.15, 0.2) is 60.3 Å². The second kappa shape index (κ2) is 8.96. The maximum Gasteiger partial charge on any atom is -0.0161 e. The molecule has 0 saturated heterocycles. The third kappa shape index (κ3) is 5.55. The zero-order valence-corrected chi connectivity index (χ0v) is 10.9. The van der Waals surface area contributed by atoms with E-state index in [1.54, 1.807) is 6.08 Å². The molecule has 0 nitrogen and oxygen atoms in total. The molecule has 0 heteroatoms. The number of hydrogen-bond acceptors (Lipinski definition) is 0. The summed E-state index contributed by atoms with van der Waals surface area (Å²) >= 11 is 0. The van der Waals surface area contributed by atoms with Gasteiger partial charge in [-0.2, -0.15) is 0 Å². The lowest BCUT2D eigenvalue weighted by Gasteiger charge is -2.04. The van der Waals surface area contributed by atoms with E-state index in [-0.39, 0.29) is 0 Å². The van der Waals surface area contributed by atoms with Crippen molar-refractivity contribution >= 4 is 0 Å². The molecule has 1 rings (SSSR count). The van der Waals surface area contributed by atoms with E-state index in [1.165, 1.54) is 11.1 Å². The minimum absolute atomic E-state index is 1.04. The van der Waals surface area contributed by atoms with E-state index in [0.717, 1.165) is 24.8 Å². The smallest absolute Gasteiger partial charge is 0.0161 e. The Morgan fingerprint density at radius 3 is 2.56 bits per heavy atom. The van der Waals surface area contributed by atoms with Crippen molar-refractivity contribution in [1.82, 2.24) is 0 Å². The summed E-state index contributed by atoms with van der Waals surface area (Å²) in [7, 11) is 0. The van der Waals surface area contributed by atoms with Crippen LogP contribution in [-0.4, -0.2) is 0 Å². The van der Waals surface area contributed by atoms with Crippen molar-refractivity contribution in [2.45, 2.75) is 40.0 Å². The molecule has 0 saturated carbocycles. The third-order valence-electron chi connectivity index (χ3n) is 2.47. The minimum Gasteiger partial charge on any atom is -0.0991 e. The molecule has 0 aromatic rings. The Hall–Kier alpha value is -1.30. The molecule has 0 radical (unpaired) electrons. The Labute approximate surface area is 101 Å². The van der Waals surface area contributed by atoms with Crippen LogP contribution in [-0.2, 0) is 0 Å². The predicted molar refractivity (Wildman–Crippen MR) is 75.5 cm³/mol. The van der Waals surface area contributed by atoms with Crippen LogP contribution in [0.1, 0.15) is 40.0 Å². The van der Waals surface area contributed by atoms with Gasteiger partial charge in [-0.25, -0.2) is 0 Å². The van der Waals surface area contributed by atoms with Gasteiger partial charge in [0.2, 0.25) is 0 Å². The summed E-state index contributed by atoms with van der Waals surface area (Å²) in [5, 5.41) is 0. The maximum atomic E-state index is 4.06. The quantitative estimate of drug-likeness (QED) is 0.439. The topological polar surface area (TPSA) is 0 Å². The molecule has 0 spiro atoms. The molecule has 0 unspecified atom stereocenters. The van der Waals surface area contributed by atoms with Gasteiger partial charge < -0.3 is 0 Å². The molecule has 16 heavy (non-hydrogen) atoms. The Morgan fingerprint density at radius 1 is 1.25 bits per heavy atom. The van der Waals surface area contributed by atoms with Gasteiger partial charge in [-0.15, -0.1) is 0 Å². The van der Waals surface area contributed by atoms with Crippen molar-refractivity contribution in [1.29, 1.82) is 0 Å². The highest BCUT2D eigenvalue weighted by Crippen LogP contribution is 2.22. The van der Waals surface area contributed by atoms with Gasteiger partial charge in [-0.3, -0.25) is 0 Å². The number of allylic oxidation sites excluding steroid dienone is 8. The van der Waals surface area contributed by atoms with Gasteiger partial charge in [0.1, 0.15) is 0 Å². The largest absolute Gasteiger partial charge is 0.0991 e. The average Bonchev–Trinajstić information content (AvgIpc) is 2.53. The maximum absolute atomic E-state index is 4.06. The second-order valence-electron chi connectivity index (χ2n) is 3.64. The molecular formula is C16H24. The molecule has 0 aliphatic heterocycles. The van der Waals surface area contributed by atoms with E-state index in [0.29, 0.717) is 0 Å². The standard InChI is InChI=1S/C14H18.C2H6/c1-4-5-8-13(3)14-9-6-7-12(2)10-11-14;1-2/h4-5,7-9H,1,3,6,10-11H2,2H3;1-2H3/b8-5-;. The van der Waals surface area contributed by atoms with Crippen LogP contribution in [0.5, 0.6) is 0 Å². The van der Waals surface area contributed by atoms with Crippen LogP contribution in [0.3, 0.4) is 0 Å². The van der Waals surface area contributed by atoms with Crippen LogP contribution >= 0.6 is 0 Å². The van der Waals surface area contributed by atoms with Crippen LogP contribution in [0.2, 0.25) is 0 Å². The highest BCUT2D eigenvalue weighted by molar-refractivity contribution is 5.39. The lowest BCUT2D eigenvalue weighted by Crippen LogP contribution is -1.85. The van der Waals surface area contributed by atoms with Crippen molar-refractivity contribution in [2.24, 2.45) is 0 Å². The molecule has 1 aliphatic carbocycles. The van der Waals surface area contributed by atoms with Crippen molar-refractivity contribution in [2.75, 3.05) is 0 Å². The summed E-state index contributed by atoms with van der Waals surface area (Å²) in [5.74, 6) is 0. The second-order valence-corrected chi connectivity index (χ2v) is 3.64. The first-order valence-corrected chi connectivity index (χ1v) is 6.07. The SMILES string of the molecule is C=C/C=C\C(=C)C1=CCC=C(C)CC1.CC. The normalized spacial score (nSPS) is 15.4. The molecule has 1 aliphatic rings. The van der Waals surface area contributed by atoms with Gasteiger partial charge >= 0.3 is 0 Å². The zero-order chi connectivity index (χ0) is 12.4. The fourth-order valence-corrected chi connectivity index (χ4v) is 1.52. The fraction of sp³-hybridized carbons (Fsp3) is 0.375. The Kier molecular flexibility index (Phi) is 8.24. The lowest BCUT2D eigenvalue weighted by molar-refractivity contribution is 0.946. The molecule has 0 heterocycles. The van der Waals surface area contributed by atoms with Crippen LogP contribution in [0.25, 0.3) is 0 Å². The summed E-state index contributed by atoms with van der Waals surface area (Å²) in [6, 6.07) is 0. The molecule has 0 aromatic carbocycles. The van der Waals surface area contributed by atoms with Crippen LogP contribution in [0.4, 0.5) is 0 Å². The molecule has 88 valence electrons. The molecule has 0 amide bonds. The van der Waals surface area contributed by atoms with Crippen molar-refractivity contribution in [3.8, 4) is 0 Å². The summed E-state index contributed by atoms with van der Waals surface area (Å²) < 4.78 is 0. The highest BCUT2D eigenvalue weighted by atomic mass is 14.1. The van der Waals surface area contributed by atoms with Gasteiger partial charge in [0, 0.05) is 0 Å².